The summed E-state index contributed by atoms with van der Waals surface area (Å²) in [6, 6.07) is 12.1. The van der Waals surface area contributed by atoms with Crippen LogP contribution in [0.2, 0.25) is 0 Å². The first-order valence-electron chi connectivity index (χ1n) is 10.0. The lowest BCUT2D eigenvalue weighted by Crippen LogP contribution is -2.22. The average Bonchev–Trinajstić information content (AvgIpc) is 3.53. The lowest BCUT2D eigenvalue weighted by atomic mass is 10.1. The minimum Gasteiger partial charge on any atom is -0.302 e. The molecule has 160 valence electrons. The van der Waals surface area contributed by atoms with Gasteiger partial charge < -0.3 is 4.57 Å². The van der Waals surface area contributed by atoms with Crippen molar-refractivity contribution < 1.29 is 4.79 Å². The predicted octanol–water partition coefficient (Wildman–Crippen LogP) is 6.02. The van der Waals surface area contributed by atoms with Crippen LogP contribution < -0.4 is 4.90 Å². The van der Waals surface area contributed by atoms with Crippen LogP contribution in [-0.4, -0.2) is 25.7 Å². The summed E-state index contributed by atoms with van der Waals surface area (Å²) in [6.07, 6.45) is 0.968. The number of aromatic nitrogens is 4. The second kappa shape index (κ2) is 9.76. The molecule has 0 aliphatic heterocycles. The Kier molecular flexibility index (Phi) is 6.84. The molecule has 4 aromatic rings. The maximum atomic E-state index is 12.4. The van der Waals surface area contributed by atoms with Crippen LogP contribution in [0, 0.1) is 0 Å². The monoisotopic (exact) mass is 469 g/mol. The fourth-order valence-corrected chi connectivity index (χ4v) is 5.78. The highest BCUT2D eigenvalue weighted by atomic mass is 32.2. The molecule has 6 nitrogen and oxygen atoms in total. The number of aryl methyl sites for hydroxylation is 1. The number of amides is 1. The van der Waals surface area contributed by atoms with Crippen molar-refractivity contribution in [1.82, 2.24) is 19.7 Å². The number of hydrogen-bond acceptors (Lipinski definition) is 7. The number of carbonyl (C=O) groups is 1. The Hall–Kier alpha value is -2.49. The number of nitrogens with zero attached hydrogens (tertiary/aromatic N) is 5. The van der Waals surface area contributed by atoms with Crippen LogP contribution in [-0.2, 0) is 23.5 Å². The standard InChI is InChI=1S/C22H23N5OS3/c1-4-16-8-10-18(11-9-16)27(15(3)28)21-23-17(13-30-21)14-31-22-25-24-20(26(22)5-2)19-7-6-12-29-19/h6-13H,4-5,14H2,1-3H3. The van der Waals surface area contributed by atoms with E-state index in [4.69, 9.17) is 4.98 Å². The zero-order valence-electron chi connectivity index (χ0n) is 17.6. The molecule has 0 radical (unpaired) electrons. The molecule has 1 aromatic carbocycles. The Balaban J connectivity index is 1.50. The summed E-state index contributed by atoms with van der Waals surface area (Å²) in [7, 11) is 0. The van der Waals surface area contributed by atoms with E-state index in [0.717, 1.165) is 40.2 Å². The van der Waals surface area contributed by atoms with Gasteiger partial charge in [-0.05, 0) is 42.5 Å². The first-order valence-corrected chi connectivity index (χ1v) is 12.8. The van der Waals surface area contributed by atoms with Gasteiger partial charge in [-0.1, -0.05) is 36.9 Å². The largest absolute Gasteiger partial charge is 0.302 e. The van der Waals surface area contributed by atoms with Gasteiger partial charge >= 0.3 is 0 Å². The summed E-state index contributed by atoms with van der Waals surface area (Å²) >= 11 is 4.75. The first kappa shape index (κ1) is 21.7. The molecule has 9 heteroatoms. The minimum absolute atomic E-state index is 0.0517. The van der Waals surface area contributed by atoms with Crippen molar-refractivity contribution >= 4 is 51.2 Å². The van der Waals surface area contributed by atoms with Crippen molar-refractivity contribution in [1.29, 1.82) is 0 Å². The Morgan fingerprint density at radius 1 is 1.13 bits per heavy atom. The van der Waals surface area contributed by atoms with Crippen molar-refractivity contribution in [2.75, 3.05) is 4.90 Å². The van der Waals surface area contributed by atoms with Crippen LogP contribution in [0.5, 0.6) is 0 Å². The average molecular weight is 470 g/mol. The molecule has 3 heterocycles. The summed E-state index contributed by atoms with van der Waals surface area (Å²) in [4.78, 5) is 19.9. The normalized spacial score (nSPS) is 11.1. The molecule has 0 N–H and O–H groups in total. The van der Waals surface area contributed by atoms with Crippen LogP contribution in [0.25, 0.3) is 10.7 Å². The van der Waals surface area contributed by atoms with Gasteiger partial charge in [0, 0.05) is 24.6 Å². The molecule has 1 amide bonds. The maximum absolute atomic E-state index is 12.4. The van der Waals surface area contributed by atoms with Crippen molar-refractivity contribution in [3.05, 3.63) is 58.4 Å². The van der Waals surface area contributed by atoms with Crippen molar-refractivity contribution in [2.24, 2.45) is 0 Å². The van der Waals surface area contributed by atoms with Crippen LogP contribution in [0.4, 0.5) is 10.8 Å². The molecule has 0 saturated carbocycles. The molecule has 0 fully saturated rings. The Labute approximate surface area is 194 Å². The number of thioether (sulfide) groups is 1. The SMILES string of the molecule is CCc1ccc(N(C(C)=O)c2nc(CSc3nnc(-c4cccs4)n3CC)cs2)cc1. The summed E-state index contributed by atoms with van der Waals surface area (Å²) in [5.41, 5.74) is 3.00. The summed E-state index contributed by atoms with van der Waals surface area (Å²) in [5, 5.41) is 14.4. The van der Waals surface area contributed by atoms with Gasteiger partial charge in [0.25, 0.3) is 0 Å². The molecular weight excluding hydrogens is 446 g/mol. The summed E-state index contributed by atoms with van der Waals surface area (Å²) in [6.45, 7) is 6.58. The third kappa shape index (κ3) is 4.73. The van der Waals surface area contributed by atoms with Crippen molar-refractivity contribution in [3.8, 4) is 10.7 Å². The molecule has 4 rings (SSSR count). The number of rotatable bonds is 8. The molecule has 0 saturated heterocycles. The van der Waals surface area contributed by atoms with Crippen LogP contribution in [0.15, 0.2) is 52.3 Å². The van der Waals surface area contributed by atoms with Gasteiger partial charge in [-0.2, -0.15) is 0 Å². The molecular formula is C22H23N5OS3. The Morgan fingerprint density at radius 2 is 1.94 bits per heavy atom. The van der Waals surface area contributed by atoms with Crippen LogP contribution in [0.3, 0.4) is 0 Å². The van der Waals surface area contributed by atoms with E-state index in [0.29, 0.717) is 10.9 Å². The van der Waals surface area contributed by atoms with E-state index in [1.807, 2.05) is 29.0 Å². The van der Waals surface area contributed by atoms with Gasteiger partial charge in [0.15, 0.2) is 16.1 Å². The van der Waals surface area contributed by atoms with E-state index in [2.05, 4.69) is 46.8 Å². The molecule has 0 spiro atoms. The number of benzene rings is 1. The van der Waals surface area contributed by atoms with Gasteiger partial charge in [-0.15, -0.1) is 32.9 Å². The third-order valence-electron chi connectivity index (χ3n) is 4.77. The van der Waals surface area contributed by atoms with E-state index < -0.39 is 0 Å². The summed E-state index contributed by atoms with van der Waals surface area (Å²) in [5.74, 6) is 1.51. The number of carbonyl (C=O) groups excluding carboxylic acids is 1. The van der Waals surface area contributed by atoms with E-state index in [9.17, 15) is 4.79 Å². The van der Waals surface area contributed by atoms with E-state index in [1.165, 1.54) is 16.9 Å². The van der Waals surface area contributed by atoms with Gasteiger partial charge in [-0.3, -0.25) is 9.69 Å². The number of hydrogen-bond donors (Lipinski definition) is 0. The highest BCUT2D eigenvalue weighted by molar-refractivity contribution is 7.98. The second-order valence-electron chi connectivity index (χ2n) is 6.81. The van der Waals surface area contributed by atoms with Gasteiger partial charge in [0.2, 0.25) is 5.91 Å². The molecule has 3 aromatic heterocycles. The number of thiazole rings is 1. The van der Waals surface area contributed by atoms with Gasteiger partial charge in [-0.25, -0.2) is 4.98 Å². The molecule has 0 bridgehead atoms. The first-order chi connectivity index (χ1) is 15.1. The van der Waals surface area contributed by atoms with Gasteiger partial charge in [0.05, 0.1) is 16.3 Å². The second-order valence-corrected chi connectivity index (χ2v) is 9.54. The highest BCUT2D eigenvalue weighted by Gasteiger charge is 2.19. The molecule has 0 aliphatic rings. The molecule has 0 aliphatic carbocycles. The van der Waals surface area contributed by atoms with E-state index >= 15 is 0 Å². The predicted molar refractivity (Wildman–Crippen MR) is 129 cm³/mol. The number of anilines is 2. The maximum Gasteiger partial charge on any atom is 0.230 e. The zero-order chi connectivity index (χ0) is 21.8. The third-order valence-corrected chi connectivity index (χ3v) is 7.51. The molecule has 0 atom stereocenters. The minimum atomic E-state index is -0.0517. The smallest absolute Gasteiger partial charge is 0.230 e. The molecule has 0 unspecified atom stereocenters. The lowest BCUT2D eigenvalue weighted by molar-refractivity contribution is -0.115. The van der Waals surface area contributed by atoms with Crippen molar-refractivity contribution in [2.45, 2.75) is 44.6 Å². The topological polar surface area (TPSA) is 63.9 Å². The Bertz CT molecular complexity index is 1150. The fourth-order valence-electron chi connectivity index (χ4n) is 3.18. The lowest BCUT2D eigenvalue weighted by Gasteiger charge is -2.18. The van der Waals surface area contributed by atoms with E-state index in [-0.39, 0.29) is 5.91 Å². The van der Waals surface area contributed by atoms with Crippen molar-refractivity contribution in [3.63, 3.8) is 0 Å². The van der Waals surface area contributed by atoms with Crippen LogP contribution >= 0.6 is 34.4 Å². The zero-order valence-corrected chi connectivity index (χ0v) is 20.1. The van der Waals surface area contributed by atoms with Crippen LogP contribution in [0.1, 0.15) is 32.0 Å². The number of thiophene rings is 1. The highest BCUT2D eigenvalue weighted by Crippen LogP contribution is 2.32. The fraction of sp³-hybridized carbons (Fsp3) is 0.273. The quantitative estimate of drug-likeness (QED) is 0.295. The van der Waals surface area contributed by atoms with E-state index in [1.54, 1.807) is 34.9 Å². The Morgan fingerprint density at radius 3 is 2.58 bits per heavy atom. The molecule has 31 heavy (non-hydrogen) atoms. The van der Waals surface area contributed by atoms with Gasteiger partial charge in [0.1, 0.15) is 0 Å². The summed E-state index contributed by atoms with van der Waals surface area (Å²) < 4.78 is 2.13.